The fraction of sp³-hybridized carbons (Fsp3) is 0.143. The van der Waals surface area contributed by atoms with Crippen molar-refractivity contribution in [2.75, 3.05) is 0 Å². The Balaban J connectivity index is 2.79. The molecule has 0 aromatic carbocycles. The Morgan fingerprint density at radius 3 is 3.27 bits per heavy atom. The predicted molar refractivity (Wildman–Crippen MR) is 38.9 cm³/mol. The van der Waals surface area contributed by atoms with Gasteiger partial charge in [0.25, 0.3) is 0 Å². The third kappa shape index (κ3) is 0.877. The van der Waals surface area contributed by atoms with E-state index >= 15 is 0 Å². The Kier molecular flexibility index (Phi) is 1.33. The number of hydrogen-bond donors (Lipinski definition) is 1. The third-order valence-corrected chi connectivity index (χ3v) is 1.57. The molecule has 4 nitrogen and oxygen atoms in total. The summed E-state index contributed by atoms with van der Waals surface area (Å²) in [6.07, 6.45) is 3.45. The van der Waals surface area contributed by atoms with Crippen molar-refractivity contribution in [2.24, 2.45) is 0 Å². The first-order chi connectivity index (χ1) is 5.42. The standard InChI is InChI=1S/C7H7N3O/c11-4-6-2-1-3-10-5-8-9-7(6)10/h1-3,5,11H,4H2. The molecule has 0 saturated heterocycles. The van der Waals surface area contributed by atoms with Crippen molar-refractivity contribution in [2.45, 2.75) is 6.61 Å². The molecular weight excluding hydrogens is 142 g/mol. The van der Waals surface area contributed by atoms with Gasteiger partial charge in [0.2, 0.25) is 0 Å². The quantitative estimate of drug-likeness (QED) is 0.631. The van der Waals surface area contributed by atoms with E-state index in [1.807, 2.05) is 18.3 Å². The molecule has 0 bridgehead atoms. The number of aliphatic hydroxyl groups is 1. The van der Waals surface area contributed by atoms with Gasteiger partial charge in [-0.15, -0.1) is 10.2 Å². The second-order valence-corrected chi connectivity index (χ2v) is 2.25. The van der Waals surface area contributed by atoms with Crippen LogP contribution in [0.3, 0.4) is 0 Å². The molecule has 56 valence electrons. The summed E-state index contributed by atoms with van der Waals surface area (Å²) in [4.78, 5) is 0. The van der Waals surface area contributed by atoms with Crippen LogP contribution in [-0.2, 0) is 6.61 Å². The van der Waals surface area contributed by atoms with Crippen molar-refractivity contribution in [3.8, 4) is 0 Å². The molecule has 0 unspecified atom stereocenters. The number of fused-ring (bicyclic) bond motifs is 1. The minimum absolute atomic E-state index is 0.00301. The van der Waals surface area contributed by atoms with Crippen LogP contribution in [0.2, 0.25) is 0 Å². The van der Waals surface area contributed by atoms with Crippen LogP contribution in [0, 0.1) is 0 Å². The monoisotopic (exact) mass is 149 g/mol. The first-order valence-electron chi connectivity index (χ1n) is 3.30. The summed E-state index contributed by atoms with van der Waals surface area (Å²) in [5.74, 6) is 0. The molecule has 0 aliphatic rings. The lowest BCUT2D eigenvalue weighted by Gasteiger charge is -1.95. The van der Waals surface area contributed by atoms with Crippen molar-refractivity contribution in [1.29, 1.82) is 0 Å². The fourth-order valence-electron chi connectivity index (χ4n) is 1.03. The molecule has 0 atom stereocenters. The number of rotatable bonds is 1. The fourth-order valence-corrected chi connectivity index (χ4v) is 1.03. The van der Waals surface area contributed by atoms with Crippen molar-refractivity contribution in [3.05, 3.63) is 30.2 Å². The summed E-state index contributed by atoms with van der Waals surface area (Å²) in [6.45, 7) is 0.00301. The lowest BCUT2D eigenvalue weighted by atomic mass is 10.3. The molecule has 2 aromatic heterocycles. The molecule has 0 radical (unpaired) electrons. The average molecular weight is 149 g/mol. The molecule has 0 spiro atoms. The second-order valence-electron chi connectivity index (χ2n) is 2.25. The van der Waals surface area contributed by atoms with Gasteiger partial charge in [0.1, 0.15) is 6.33 Å². The molecule has 1 N–H and O–H groups in total. The largest absolute Gasteiger partial charge is 0.392 e. The van der Waals surface area contributed by atoms with Gasteiger partial charge < -0.3 is 5.11 Å². The van der Waals surface area contributed by atoms with Crippen LogP contribution in [0.5, 0.6) is 0 Å². The molecule has 2 heterocycles. The van der Waals surface area contributed by atoms with Gasteiger partial charge in [-0.05, 0) is 6.07 Å². The summed E-state index contributed by atoms with van der Waals surface area (Å²) in [6, 6.07) is 3.67. The van der Waals surface area contributed by atoms with Crippen LogP contribution < -0.4 is 0 Å². The molecule has 0 saturated carbocycles. The molecule has 0 fully saturated rings. The molecule has 2 aromatic rings. The molecular formula is C7H7N3O. The van der Waals surface area contributed by atoms with E-state index in [1.165, 1.54) is 0 Å². The van der Waals surface area contributed by atoms with E-state index in [-0.39, 0.29) is 6.61 Å². The SMILES string of the molecule is OCc1cccn2cnnc12. The van der Waals surface area contributed by atoms with Crippen LogP contribution in [-0.4, -0.2) is 19.7 Å². The second kappa shape index (κ2) is 2.32. The minimum atomic E-state index is 0.00301. The van der Waals surface area contributed by atoms with Crippen LogP contribution in [0.15, 0.2) is 24.7 Å². The van der Waals surface area contributed by atoms with Gasteiger partial charge in [-0.2, -0.15) is 0 Å². The first-order valence-corrected chi connectivity index (χ1v) is 3.30. The summed E-state index contributed by atoms with van der Waals surface area (Å²) in [5.41, 5.74) is 1.51. The highest BCUT2D eigenvalue weighted by molar-refractivity contribution is 5.45. The molecule has 11 heavy (non-hydrogen) atoms. The van der Waals surface area contributed by atoms with Gasteiger partial charge in [0.15, 0.2) is 5.65 Å². The van der Waals surface area contributed by atoms with Gasteiger partial charge in [0, 0.05) is 11.8 Å². The number of aromatic nitrogens is 3. The minimum Gasteiger partial charge on any atom is -0.392 e. The molecule has 0 aliphatic heterocycles. The van der Waals surface area contributed by atoms with E-state index in [0.717, 1.165) is 11.2 Å². The Bertz CT molecular complexity index is 368. The smallest absolute Gasteiger partial charge is 0.166 e. The molecule has 4 heteroatoms. The average Bonchev–Trinajstić information content (AvgIpc) is 2.50. The maximum absolute atomic E-state index is 8.87. The van der Waals surface area contributed by atoms with E-state index in [9.17, 15) is 0 Å². The predicted octanol–water partition coefficient (Wildman–Crippen LogP) is 0.222. The Morgan fingerprint density at radius 2 is 2.45 bits per heavy atom. The highest BCUT2D eigenvalue weighted by Gasteiger charge is 1.99. The summed E-state index contributed by atoms with van der Waals surface area (Å²) >= 11 is 0. The molecule has 0 amide bonds. The normalized spacial score (nSPS) is 10.6. The maximum Gasteiger partial charge on any atom is 0.166 e. The van der Waals surface area contributed by atoms with Gasteiger partial charge in [-0.1, -0.05) is 6.07 Å². The Morgan fingerprint density at radius 1 is 1.55 bits per heavy atom. The highest BCUT2D eigenvalue weighted by Crippen LogP contribution is 2.05. The van der Waals surface area contributed by atoms with E-state index in [1.54, 1.807) is 10.7 Å². The van der Waals surface area contributed by atoms with E-state index < -0.39 is 0 Å². The Hall–Kier alpha value is -1.42. The number of aliphatic hydroxyl groups excluding tert-OH is 1. The Labute approximate surface area is 63.1 Å². The summed E-state index contributed by atoms with van der Waals surface area (Å²) in [5, 5.41) is 16.4. The van der Waals surface area contributed by atoms with E-state index in [0.29, 0.717) is 0 Å². The van der Waals surface area contributed by atoms with Gasteiger partial charge in [-0.25, -0.2) is 0 Å². The third-order valence-electron chi connectivity index (χ3n) is 1.57. The van der Waals surface area contributed by atoms with E-state index in [2.05, 4.69) is 10.2 Å². The topological polar surface area (TPSA) is 50.4 Å². The van der Waals surface area contributed by atoms with Crippen LogP contribution in [0.1, 0.15) is 5.56 Å². The van der Waals surface area contributed by atoms with Crippen molar-refractivity contribution >= 4 is 5.65 Å². The van der Waals surface area contributed by atoms with Crippen LogP contribution in [0.4, 0.5) is 0 Å². The first kappa shape index (κ1) is 6.30. The van der Waals surface area contributed by atoms with Gasteiger partial charge >= 0.3 is 0 Å². The number of hydrogen-bond acceptors (Lipinski definition) is 3. The van der Waals surface area contributed by atoms with Gasteiger partial charge in [0.05, 0.1) is 6.61 Å². The van der Waals surface area contributed by atoms with Crippen molar-refractivity contribution < 1.29 is 5.11 Å². The summed E-state index contributed by atoms with van der Waals surface area (Å²) in [7, 11) is 0. The van der Waals surface area contributed by atoms with Crippen molar-refractivity contribution in [1.82, 2.24) is 14.6 Å². The van der Waals surface area contributed by atoms with Crippen LogP contribution in [0.25, 0.3) is 5.65 Å². The number of nitrogens with zero attached hydrogens (tertiary/aromatic N) is 3. The van der Waals surface area contributed by atoms with Crippen molar-refractivity contribution in [3.63, 3.8) is 0 Å². The summed E-state index contributed by atoms with van der Waals surface area (Å²) < 4.78 is 1.77. The molecule has 2 rings (SSSR count). The zero-order valence-corrected chi connectivity index (χ0v) is 5.81. The highest BCUT2D eigenvalue weighted by atomic mass is 16.3. The van der Waals surface area contributed by atoms with Crippen LogP contribution >= 0.6 is 0 Å². The number of pyridine rings is 1. The zero-order chi connectivity index (χ0) is 7.68. The van der Waals surface area contributed by atoms with E-state index in [4.69, 9.17) is 5.11 Å². The lowest BCUT2D eigenvalue weighted by molar-refractivity contribution is 0.282. The molecule has 0 aliphatic carbocycles. The maximum atomic E-state index is 8.87. The van der Waals surface area contributed by atoms with Gasteiger partial charge in [-0.3, -0.25) is 4.40 Å². The zero-order valence-electron chi connectivity index (χ0n) is 5.81. The lowest BCUT2D eigenvalue weighted by Crippen LogP contribution is -1.90.